The Hall–Kier alpha value is -2.14. The Balaban J connectivity index is 0.000000189. The molecule has 6 heteroatoms. The van der Waals surface area contributed by atoms with Crippen LogP contribution < -0.4 is 4.90 Å². The summed E-state index contributed by atoms with van der Waals surface area (Å²) in [5, 5.41) is 0. The van der Waals surface area contributed by atoms with E-state index in [-0.39, 0.29) is 25.7 Å². The number of anilines is 1. The number of benzene rings is 2. The first kappa shape index (κ1) is 21.2. The van der Waals surface area contributed by atoms with Crippen LogP contribution in [0.15, 0.2) is 60.8 Å². The molecule has 2 aromatic carbocycles. The van der Waals surface area contributed by atoms with Gasteiger partial charge in [-0.2, -0.15) is 37.0 Å². The molecular weight excluding hydrogens is 524 g/mol. The van der Waals surface area contributed by atoms with Crippen molar-refractivity contribution in [1.29, 1.82) is 0 Å². The Kier molecular flexibility index (Phi) is 8.04. The first-order chi connectivity index (χ1) is 12.6. The Morgan fingerprint density at radius 2 is 1.89 bits per heavy atom. The quantitative estimate of drug-likeness (QED) is 0.453. The van der Waals surface area contributed by atoms with Gasteiger partial charge in [-0.1, -0.05) is 23.8 Å². The van der Waals surface area contributed by atoms with Gasteiger partial charge in [0.2, 0.25) is 0 Å². The summed E-state index contributed by atoms with van der Waals surface area (Å²) in [6, 6.07) is 20.8. The van der Waals surface area contributed by atoms with Crippen LogP contribution in [0.25, 0.3) is 11.3 Å². The summed E-state index contributed by atoms with van der Waals surface area (Å²) in [5.41, 5.74) is 1.79. The van der Waals surface area contributed by atoms with Gasteiger partial charge in [-0.3, -0.25) is 8.78 Å². The summed E-state index contributed by atoms with van der Waals surface area (Å²) in [6.07, 6.45) is 1.55. The van der Waals surface area contributed by atoms with Crippen molar-refractivity contribution in [2.45, 2.75) is 0 Å². The van der Waals surface area contributed by atoms with Crippen molar-refractivity contribution in [3.63, 3.8) is 0 Å². The van der Waals surface area contributed by atoms with E-state index >= 15 is 0 Å². The minimum atomic E-state index is -0.649. The van der Waals surface area contributed by atoms with Gasteiger partial charge in [0.05, 0.1) is 0 Å². The number of likely N-dealkylation sites (N-methyl/N-ethyl adjacent to an activating group) is 1. The predicted octanol–water partition coefficient (Wildman–Crippen LogP) is 4.18. The maximum Gasteiger partial charge on any atom is 3.00 e. The van der Waals surface area contributed by atoms with Crippen LogP contribution in [0.3, 0.4) is 0 Å². The summed E-state index contributed by atoms with van der Waals surface area (Å²) < 4.78 is 25.8. The molecular formula is C21H18F2IrN3. The van der Waals surface area contributed by atoms with Crippen LogP contribution in [0.4, 0.5) is 14.5 Å². The Morgan fingerprint density at radius 3 is 2.48 bits per heavy atom. The molecule has 0 spiro atoms. The van der Waals surface area contributed by atoms with Crippen molar-refractivity contribution in [3.8, 4) is 11.3 Å². The maximum absolute atomic E-state index is 13.2. The molecule has 2 heterocycles. The van der Waals surface area contributed by atoms with Crippen molar-refractivity contribution in [2.24, 2.45) is 0 Å². The number of hydrogen-bond acceptors (Lipinski definition) is 3. The van der Waals surface area contributed by atoms with Gasteiger partial charge in [-0.25, -0.2) is 0 Å². The van der Waals surface area contributed by atoms with Crippen LogP contribution in [-0.2, 0) is 20.1 Å². The molecule has 1 saturated heterocycles. The van der Waals surface area contributed by atoms with E-state index in [9.17, 15) is 8.78 Å². The normalized spacial score (nSPS) is 13.5. The van der Waals surface area contributed by atoms with Gasteiger partial charge in [0, 0.05) is 17.8 Å². The van der Waals surface area contributed by atoms with Gasteiger partial charge in [-0.05, 0) is 31.9 Å². The van der Waals surface area contributed by atoms with E-state index in [1.807, 2.05) is 18.2 Å². The molecule has 1 aliphatic heterocycles. The van der Waals surface area contributed by atoms with E-state index in [4.69, 9.17) is 0 Å². The first-order valence-electron chi connectivity index (χ1n) is 8.20. The van der Waals surface area contributed by atoms with Crippen molar-refractivity contribution in [2.75, 3.05) is 25.0 Å². The third kappa shape index (κ3) is 5.93. The summed E-state index contributed by atoms with van der Waals surface area (Å²) in [4.78, 5) is 8.34. The molecule has 1 aliphatic rings. The van der Waals surface area contributed by atoms with Crippen LogP contribution in [0.5, 0.6) is 0 Å². The Labute approximate surface area is 172 Å². The fourth-order valence-corrected chi connectivity index (χ4v) is 2.52. The minimum Gasteiger partial charge on any atom is -0.528 e. The van der Waals surface area contributed by atoms with E-state index in [1.54, 1.807) is 24.4 Å². The number of rotatable bonds is 2. The number of halogens is 2. The van der Waals surface area contributed by atoms with Gasteiger partial charge in [0.25, 0.3) is 0 Å². The summed E-state index contributed by atoms with van der Waals surface area (Å²) in [6.45, 7) is 4.28. The summed E-state index contributed by atoms with van der Waals surface area (Å²) in [7, 11) is 2.09. The van der Waals surface area contributed by atoms with E-state index in [1.165, 1.54) is 0 Å². The third-order valence-electron chi connectivity index (χ3n) is 3.81. The Bertz CT molecular complexity index is 831. The van der Waals surface area contributed by atoms with Crippen LogP contribution in [-0.4, -0.2) is 30.0 Å². The fraction of sp³-hybridized carbons (Fsp3) is 0.143. The molecule has 27 heavy (non-hydrogen) atoms. The molecule has 0 amide bonds. The topological polar surface area (TPSA) is 19.4 Å². The molecule has 0 saturated carbocycles. The average Bonchev–Trinajstić information content (AvgIpc) is 3.10. The van der Waals surface area contributed by atoms with Gasteiger partial charge in [-0.15, -0.1) is 17.8 Å². The monoisotopic (exact) mass is 543 g/mol. The fourth-order valence-electron chi connectivity index (χ4n) is 2.52. The van der Waals surface area contributed by atoms with E-state index in [2.05, 4.69) is 46.7 Å². The number of nitrogens with zero attached hydrogens (tertiary/aromatic N) is 3. The maximum atomic E-state index is 13.2. The zero-order valence-corrected chi connectivity index (χ0v) is 17.1. The molecule has 1 fully saturated rings. The van der Waals surface area contributed by atoms with Gasteiger partial charge in [0.15, 0.2) is 0 Å². The summed E-state index contributed by atoms with van der Waals surface area (Å²) in [5.74, 6) is -1.29. The zero-order valence-electron chi connectivity index (χ0n) is 14.7. The smallest absolute Gasteiger partial charge is 0.528 e. The molecule has 0 bridgehead atoms. The van der Waals surface area contributed by atoms with Crippen molar-refractivity contribution < 1.29 is 28.9 Å². The second-order valence-electron chi connectivity index (χ2n) is 5.79. The molecule has 0 atom stereocenters. The standard InChI is InChI=1S/C11H6F2N.C10H12N2.Ir/c12-8-4-5-9(10(13)7-8)11-3-1-2-6-14-11;1-11-7-8-12(9-11)10-5-3-2-4-6-10;/h1-4,6-7H;2-5,9H,7-8H2,1H3;/q-1;-2;+3. The third-order valence-corrected chi connectivity index (χ3v) is 3.81. The SMILES string of the molecule is CN1[CH-]N(c2[c-]cccc2)CC1.Fc1c[c-]c(-c2ccccn2)c(F)c1.[Ir+3]. The number of aromatic nitrogens is 1. The molecule has 3 nitrogen and oxygen atoms in total. The number of hydrogen-bond donors (Lipinski definition) is 0. The van der Waals surface area contributed by atoms with Gasteiger partial charge in [0.1, 0.15) is 0 Å². The van der Waals surface area contributed by atoms with Crippen LogP contribution in [0, 0.1) is 30.4 Å². The molecule has 140 valence electrons. The van der Waals surface area contributed by atoms with E-state index in [0.717, 1.165) is 30.9 Å². The first-order valence-corrected chi connectivity index (χ1v) is 8.20. The van der Waals surface area contributed by atoms with Crippen molar-refractivity contribution in [3.05, 3.63) is 91.2 Å². The molecule has 3 aromatic rings. The number of pyridine rings is 1. The molecule has 0 N–H and O–H groups in total. The van der Waals surface area contributed by atoms with Crippen molar-refractivity contribution in [1.82, 2.24) is 9.88 Å². The largest absolute Gasteiger partial charge is 3.00 e. The molecule has 1 aromatic heterocycles. The van der Waals surface area contributed by atoms with Crippen molar-refractivity contribution >= 4 is 5.69 Å². The van der Waals surface area contributed by atoms with Crippen LogP contribution in [0.2, 0.25) is 0 Å². The number of para-hydroxylation sites is 1. The molecule has 0 unspecified atom stereocenters. The minimum absolute atomic E-state index is 0. The van der Waals surface area contributed by atoms with E-state index in [0.29, 0.717) is 5.69 Å². The van der Waals surface area contributed by atoms with Gasteiger partial charge >= 0.3 is 20.1 Å². The van der Waals surface area contributed by atoms with E-state index < -0.39 is 11.6 Å². The second-order valence-corrected chi connectivity index (χ2v) is 5.79. The summed E-state index contributed by atoms with van der Waals surface area (Å²) >= 11 is 0. The molecule has 0 radical (unpaired) electrons. The predicted molar refractivity (Wildman–Crippen MR) is 98.0 cm³/mol. The molecule has 4 rings (SSSR count). The second kappa shape index (κ2) is 10.3. The zero-order chi connectivity index (χ0) is 18.4. The molecule has 0 aliphatic carbocycles. The Morgan fingerprint density at radius 1 is 1.07 bits per heavy atom. The van der Waals surface area contributed by atoms with Crippen LogP contribution in [0.1, 0.15) is 0 Å². The average molecular weight is 543 g/mol. The van der Waals surface area contributed by atoms with Crippen LogP contribution >= 0.6 is 0 Å². The van der Waals surface area contributed by atoms with Gasteiger partial charge < -0.3 is 14.8 Å².